The molecule has 3 heterocycles. The normalized spacial score (nSPS) is 12.5. The molecule has 0 amide bonds. The minimum atomic E-state index is -0.337. The molecule has 1 radical (unpaired) electrons. The summed E-state index contributed by atoms with van der Waals surface area (Å²) in [5.74, 6) is 0.286. The average molecular weight is 895 g/mol. The number of aromatic nitrogens is 1. The molecule has 0 aliphatic rings. The number of hydrogen-bond acceptors (Lipinski definition) is 5. The fourth-order valence-corrected chi connectivity index (χ4v) is 8.87. The van der Waals surface area contributed by atoms with Gasteiger partial charge in [-0.1, -0.05) is 110 Å². The molecule has 0 fully saturated rings. The maximum atomic E-state index is 12.2. The smallest absolute Gasteiger partial charge is 0.164 e. The number of fused-ring (bicyclic) bond motifs is 3. The molecule has 1 N–H and O–H groups in total. The molecular weight excluding hydrogens is 843 g/mol. The van der Waals surface area contributed by atoms with E-state index < -0.39 is 0 Å². The van der Waals surface area contributed by atoms with Crippen LogP contribution in [0.2, 0.25) is 0 Å². The Kier molecular flexibility index (Phi) is 12.9. The van der Waals surface area contributed by atoms with Crippen molar-refractivity contribution in [1.29, 1.82) is 0 Å². The van der Waals surface area contributed by atoms with Crippen molar-refractivity contribution in [2.24, 2.45) is 10.8 Å². The number of rotatable bonds is 9. The van der Waals surface area contributed by atoms with Crippen LogP contribution in [0.3, 0.4) is 0 Å². The maximum Gasteiger partial charge on any atom is 0.164 e. The fourth-order valence-electron chi connectivity index (χ4n) is 6.34. The van der Waals surface area contributed by atoms with Gasteiger partial charge in [-0.2, -0.15) is 0 Å². The van der Waals surface area contributed by atoms with Crippen molar-refractivity contribution in [2.45, 2.75) is 100 Å². The molecule has 6 heteroatoms. The number of allylic oxidation sites excluding steroid dienone is 2. The maximum absolute atomic E-state index is 12.2. The van der Waals surface area contributed by atoms with Crippen LogP contribution >= 0.6 is 22.7 Å². The monoisotopic (exact) mass is 895 g/mol. The summed E-state index contributed by atoms with van der Waals surface area (Å²) >= 11 is 3.73. The number of ketones is 1. The first kappa shape index (κ1) is 40.6. The Labute approximate surface area is 326 Å². The number of aliphatic hydroxyl groups excluding tert-OH is 1. The zero-order chi connectivity index (χ0) is 36.4. The summed E-state index contributed by atoms with van der Waals surface area (Å²) in [6.07, 6.45) is 6.69. The van der Waals surface area contributed by atoms with Crippen LogP contribution in [0, 0.1) is 23.8 Å². The standard InChI is InChI=1S/C30H24NS2.C15H28O2.Ir/c1-18-22-10-7-8-12-25(22)32-28(18)26-17-20-13-14-31-27(29(20)33-26)21-15-19-9-5-6-11-23(19)24(16-21)30(2,3)4;1-7-14(5,8-2)12(16)11-13(17)15(6,9-3)10-4;/h5-14,16-17H,1-4H3;11,16H,7-10H2,1-6H3;/q-1;;/b;12-11-;. The van der Waals surface area contributed by atoms with Crippen molar-refractivity contribution >= 4 is 59.4 Å². The van der Waals surface area contributed by atoms with Gasteiger partial charge in [0.2, 0.25) is 0 Å². The van der Waals surface area contributed by atoms with Crippen LogP contribution in [0.5, 0.6) is 0 Å². The van der Waals surface area contributed by atoms with Gasteiger partial charge < -0.3 is 5.11 Å². The van der Waals surface area contributed by atoms with Crippen LogP contribution in [0.25, 0.3) is 52.0 Å². The molecular formula is C45H52IrNO2S2-. The van der Waals surface area contributed by atoms with Crippen LogP contribution in [0.1, 0.15) is 99.1 Å². The minimum absolute atomic E-state index is 0. The van der Waals surface area contributed by atoms with Crippen molar-refractivity contribution in [3.63, 3.8) is 0 Å². The summed E-state index contributed by atoms with van der Waals surface area (Å²) in [6, 6.07) is 27.7. The first-order chi connectivity index (χ1) is 23.7. The van der Waals surface area contributed by atoms with Gasteiger partial charge in [0.1, 0.15) is 5.76 Å². The number of carbonyl (C=O) groups excluding carboxylic acids is 1. The molecule has 0 saturated heterocycles. The van der Waals surface area contributed by atoms with Crippen molar-refractivity contribution < 1.29 is 30.0 Å². The number of nitrogens with zero attached hydrogens (tertiary/aromatic N) is 1. The van der Waals surface area contributed by atoms with E-state index in [1.54, 1.807) is 0 Å². The molecule has 6 rings (SSSR count). The molecule has 271 valence electrons. The van der Waals surface area contributed by atoms with E-state index in [2.05, 4.69) is 100 Å². The van der Waals surface area contributed by atoms with E-state index in [0.29, 0.717) is 0 Å². The number of thiophene rings is 2. The molecule has 3 nitrogen and oxygen atoms in total. The Morgan fingerprint density at radius 3 is 2.04 bits per heavy atom. The van der Waals surface area contributed by atoms with Crippen LogP contribution in [0.4, 0.5) is 0 Å². The van der Waals surface area contributed by atoms with Crippen LogP contribution in [0.15, 0.2) is 84.8 Å². The Morgan fingerprint density at radius 2 is 1.43 bits per heavy atom. The molecule has 0 atom stereocenters. The number of aryl methyl sites for hydroxylation is 1. The summed E-state index contributed by atoms with van der Waals surface area (Å²) < 4.78 is 2.58. The molecule has 0 aliphatic heterocycles. The summed E-state index contributed by atoms with van der Waals surface area (Å²) in [5, 5.41) is 15.2. The third kappa shape index (κ3) is 8.25. The predicted molar refractivity (Wildman–Crippen MR) is 219 cm³/mol. The first-order valence-electron chi connectivity index (χ1n) is 18.0. The van der Waals surface area contributed by atoms with Crippen molar-refractivity contribution in [2.75, 3.05) is 0 Å². The quantitative estimate of drug-likeness (QED) is 0.0894. The zero-order valence-corrected chi connectivity index (χ0v) is 35.8. The summed E-state index contributed by atoms with van der Waals surface area (Å²) in [6.45, 7) is 21.2. The number of benzene rings is 3. The van der Waals surface area contributed by atoms with Crippen molar-refractivity contribution in [3.8, 4) is 21.0 Å². The summed E-state index contributed by atoms with van der Waals surface area (Å²) in [7, 11) is 0. The third-order valence-corrected chi connectivity index (χ3v) is 13.6. The largest absolute Gasteiger partial charge is 0.512 e. The fraction of sp³-hybridized carbons (Fsp3) is 0.378. The second-order valence-corrected chi connectivity index (χ2v) is 17.2. The first-order valence-corrected chi connectivity index (χ1v) is 19.6. The van der Waals surface area contributed by atoms with E-state index in [4.69, 9.17) is 4.98 Å². The van der Waals surface area contributed by atoms with Crippen molar-refractivity contribution in [3.05, 3.63) is 102 Å². The van der Waals surface area contributed by atoms with Crippen molar-refractivity contribution in [1.82, 2.24) is 4.98 Å². The second-order valence-electron chi connectivity index (χ2n) is 15.1. The zero-order valence-electron chi connectivity index (χ0n) is 31.8. The van der Waals surface area contributed by atoms with E-state index in [1.807, 2.05) is 70.4 Å². The van der Waals surface area contributed by atoms with Crippen LogP contribution in [-0.4, -0.2) is 15.9 Å². The number of aliphatic hydroxyl groups is 1. The summed E-state index contributed by atoms with van der Waals surface area (Å²) in [4.78, 5) is 19.7. The van der Waals surface area contributed by atoms with Gasteiger partial charge in [0.15, 0.2) is 5.78 Å². The number of hydrogen-bond donors (Lipinski definition) is 1. The van der Waals surface area contributed by atoms with E-state index in [-0.39, 0.29) is 47.9 Å². The van der Waals surface area contributed by atoms with Gasteiger partial charge in [0.05, 0.1) is 0 Å². The minimum Gasteiger partial charge on any atom is -0.512 e. The van der Waals surface area contributed by atoms with E-state index in [9.17, 15) is 9.90 Å². The van der Waals surface area contributed by atoms with E-state index in [1.165, 1.54) is 52.5 Å². The van der Waals surface area contributed by atoms with Gasteiger partial charge in [-0.15, -0.1) is 51.8 Å². The van der Waals surface area contributed by atoms with E-state index in [0.717, 1.165) is 42.3 Å². The Hall–Kier alpha value is -3.15. The molecule has 0 unspecified atom stereocenters. The Bertz CT molecular complexity index is 2170. The predicted octanol–water partition coefficient (Wildman–Crippen LogP) is 14.1. The van der Waals surface area contributed by atoms with Gasteiger partial charge >= 0.3 is 0 Å². The topological polar surface area (TPSA) is 50.2 Å². The van der Waals surface area contributed by atoms with Gasteiger partial charge in [-0.3, -0.25) is 9.78 Å². The average Bonchev–Trinajstić information content (AvgIpc) is 3.71. The number of carbonyl (C=O) groups is 1. The molecule has 6 aromatic rings. The van der Waals surface area contributed by atoms with E-state index >= 15 is 0 Å². The van der Waals surface area contributed by atoms with Gasteiger partial charge in [-0.05, 0) is 72.6 Å². The van der Waals surface area contributed by atoms with Gasteiger partial charge in [-0.25, -0.2) is 0 Å². The molecule has 0 bridgehead atoms. The molecule has 3 aromatic heterocycles. The number of pyridine rings is 1. The molecule has 0 aliphatic carbocycles. The Morgan fingerprint density at radius 1 is 0.824 bits per heavy atom. The molecule has 0 saturated carbocycles. The second kappa shape index (κ2) is 16.3. The molecule has 0 spiro atoms. The molecule has 3 aromatic carbocycles. The third-order valence-electron chi connectivity index (χ3n) is 10.9. The van der Waals surface area contributed by atoms with Gasteiger partial charge in [0.25, 0.3) is 0 Å². The van der Waals surface area contributed by atoms with Crippen LogP contribution < -0.4 is 0 Å². The summed E-state index contributed by atoms with van der Waals surface area (Å²) in [5.41, 5.74) is 4.23. The Balaban J connectivity index is 0.000000279. The van der Waals surface area contributed by atoms with Crippen LogP contribution in [-0.2, 0) is 30.3 Å². The van der Waals surface area contributed by atoms with Gasteiger partial charge in [0, 0.05) is 68.1 Å². The SMILES string of the molecule is CCC(C)(CC)C(=O)/C=C(\O)C(C)(CC)CC.Cc1c(-c2cc3ccnc(-c4[c-]c5ccccc5c(C(C)(C)C)c4)c3s2)sc2ccccc12.[Ir]. The molecule has 51 heavy (non-hydrogen) atoms.